The van der Waals surface area contributed by atoms with E-state index >= 15 is 0 Å². The minimum Gasteiger partial charge on any atom is -0.396 e. The second-order valence-electron chi connectivity index (χ2n) is 5.45. The molecule has 1 aromatic carbocycles. The second-order valence-corrected chi connectivity index (χ2v) is 5.45. The number of carbonyl (C=O) groups excluding carboxylic acids is 1. The normalized spacial score (nSPS) is 15.5. The van der Waals surface area contributed by atoms with Crippen molar-refractivity contribution in [3.8, 4) is 11.8 Å². The van der Waals surface area contributed by atoms with E-state index in [9.17, 15) is 4.79 Å². The van der Waals surface area contributed by atoms with Crippen LogP contribution in [0.1, 0.15) is 34.3 Å². The molecule has 21 heavy (non-hydrogen) atoms. The molecule has 0 bridgehead atoms. The maximum atomic E-state index is 12.5. The lowest BCUT2D eigenvalue weighted by Crippen LogP contribution is -2.39. The summed E-state index contributed by atoms with van der Waals surface area (Å²) < 4.78 is 0. The first kappa shape index (κ1) is 15.6. The van der Waals surface area contributed by atoms with Crippen LogP contribution in [0.2, 0.25) is 0 Å². The Morgan fingerprint density at radius 3 is 2.71 bits per heavy atom. The lowest BCUT2D eigenvalue weighted by molar-refractivity contribution is 0.0651. The number of hydrogen-bond donors (Lipinski definition) is 2. The first-order chi connectivity index (χ1) is 10.2. The van der Waals surface area contributed by atoms with E-state index < -0.39 is 0 Å². The molecule has 1 amide bonds. The number of nitrogens with zero attached hydrogens (tertiary/aromatic N) is 1. The van der Waals surface area contributed by atoms with E-state index in [1.54, 1.807) is 0 Å². The van der Waals surface area contributed by atoms with Crippen molar-refractivity contribution in [1.29, 1.82) is 0 Å². The number of aryl methyl sites for hydroxylation is 1. The Morgan fingerprint density at radius 1 is 1.43 bits per heavy atom. The molecule has 1 aliphatic rings. The van der Waals surface area contributed by atoms with Gasteiger partial charge in [-0.3, -0.25) is 4.79 Å². The van der Waals surface area contributed by atoms with Gasteiger partial charge in [0.25, 0.3) is 5.91 Å². The number of carbonyl (C=O) groups is 1. The van der Waals surface area contributed by atoms with Crippen LogP contribution in [0.5, 0.6) is 0 Å². The predicted octanol–water partition coefficient (Wildman–Crippen LogP) is 1.15. The Hall–Kier alpha value is -1.83. The highest BCUT2D eigenvalue weighted by Crippen LogP contribution is 2.19. The molecule has 0 aromatic heterocycles. The topological polar surface area (TPSA) is 66.6 Å². The number of hydrogen-bond acceptors (Lipinski definition) is 3. The van der Waals surface area contributed by atoms with Crippen molar-refractivity contribution in [3.05, 3.63) is 34.9 Å². The number of nitrogens with two attached hydrogens (primary N) is 1. The van der Waals surface area contributed by atoms with E-state index in [-0.39, 0.29) is 12.5 Å². The Bertz CT molecular complexity index is 564. The lowest BCUT2D eigenvalue weighted by atomic mass is 9.97. The van der Waals surface area contributed by atoms with Gasteiger partial charge in [-0.1, -0.05) is 11.8 Å². The summed E-state index contributed by atoms with van der Waals surface area (Å²) in [5.74, 6) is 6.23. The minimum atomic E-state index is 0.0628. The van der Waals surface area contributed by atoms with Gasteiger partial charge in [-0.15, -0.1) is 0 Å². The molecular weight excluding hydrogens is 264 g/mol. The summed E-state index contributed by atoms with van der Waals surface area (Å²) in [6.45, 7) is 3.94. The number of aliphatic hydroxyl groups excluding tert-OH is 1. The van der Waals surface area contributed by atoms with E-state index in [1.807, 2.05) is 30.0 Å². The van der Waals surface area contributed by atoms with E-state index in [4.69, 9.17) is 10.8 Å². The number of rotatable bonds is 2. The van der Waals surface area contributed by atoms with Gasteiger partial charge in [0.2, 0.25) is 0 Å². The van der Waals surface area contributed by atoms with Crippen LogP contribution in [0.15, 0.2) is 18.2 Å². The summed E-state index contributed by atoms with van der Waals surface area (Å²) in [4.78, 5) is 14.3. The van der Waals surface area contributed by atoms with Crippen molar-refractivity contribution in [3.63, 3.8) is 0 Å². The van der Waals surface area contributed by atoms with Crippen LogP contribution in [-0.4, -0.2) is 42.2 Å². The number of benzene rings is 1. The monoisotopic (exact) mass is 286 g/mol. The van der Waals surface area contributed by atoms with Gasteiger partial charge >= 0.3 is 0 Å². The Balaban J connectivity index is 2.08. The molecule has 112 valence electrons. The number of piperidine rings is 1. The van der Waals surface area contributed by atoms with Crippen LogP contribution < -0.4 is 5.73 Å². The van der Waals surface area contributed by atoms with Crippen molar-refractivity contribution in [2.75, 3.05) is 26.2 Å². The molecule has 4 heteroatoms. The summed E-state index contributed by atoms with van der Waals surface area (Å²) in [6.07, 6.45) is 1.75. The third kappa shape index (κ3) is 3.84. The highest BCUT2D eigenvalue weighted by Gasteiger charge is 2.23. The Morgan fingerprint density at radius 2 is 2.14 bits per heavy atom. The number of aliphatic hydroxyl groups is 1. The lowest BCUT2D eigenvalue weighted by Gasteiger charge is -2.31. The molecule has 4 nitrogen and oxygen atoms in total. The van der Waals surface area contributed by atoms with Crippen LogP contribution in [0.4, 0.5) is 0 Å². The summed E-state index contributed by atoms with van der Waals surface area (Å²) >= 11 is 0. The average molecular weight is 286 g/mol. The van der Waals surface area contributed by atoms with Gasteiger partial charge in [-0.25, -0.2) is 0 Å². The van der Waals surface area contributed by atoms with Crippen molar-refractivity contribution < 1.29 is 9.90 Å². The fraction of sp³-hybridized carbons (Fsp3) is 0.471. The molecule has 1 heterocycles. The van der Waals surface area contributed by atoms with Gasteiger partial charge < -0.3 is 15.7 Å². The fourth-order valence-corrected chi connectivity index (χ4v) is 2.58. The van der Waals surface area contributed by atoms with Crippen molar-refractivity contribution >= 4 is 5.91 Å². The second kappa shape index (κ2) is 7.26. The molecule has 1 saturated heterocycles. The van der Waals surface area contributed by atoms with Gasteiger partial charge in [0.1, 0.15) is 0 Å². The van der Waals surface area contributed by atoms with Gasteiger partial charge in [-0.2, -0.15) is 0 Å². The van der Waals surface area contributed by atoms with Crippen LogP contribution in [0, 0.1) is 24.7 Å². The van der Waals surface area contributed by atoms with E-state index in [1.165, 1.54) is 0 Å². The van der Waals surface area contributed by atoms with Gasteiger partial charge in [-0.05, 0) is 49.4 Å². The molecule has 0 atom stereocenters. The smallest absolute Gasteiger partial charge is 0.253 e. The van der Waals surface area contributed by atoms with E-state index in [2.05, 4.69) is 11.8 Å². The Kier molecular flexibility index (Phi) is 5.38. The van der Waals surface area contributed by atoms with Crippen LogP contribution >= 0.6 is 0 Å². The summed E-state index contributed by atoms with van der Waals surface area (Å²) in [5, 5.41) is 9.15. The molecule has 0 saturated carbocycles. The predicted molar refractivity (Wildman–Crippen MR) is 82.8 cm³/mol. The maximum Gasteiger partial charge on any atom is 0.253 e. The molecule has 1 aliphatic heterocycles. The largest absolute Gasteiger partial charge is 0.396 e. The molecule has 0 unspecified atom stereocenters. The first-order valence-electron chi connectivity index (χ1n) is 7.35. The van der Waals surface area contributed by atoms with Crippen molar-refractivity contribution in [1.82, 2.24) is 4.90 Å². The molecule has 1 fully saturated rings. The highest BCUT2D eigenvalue weighted by atomic mass is 16.3. The maximum absolute atomic E-state index is 12.5. The van der Waals surface area contributed by atoms with Crippen molar-refractivity contribution in [2.24, 2.45) is 11.7 Å². The third-order valence-electron chi connectivity index (χ3n) is 3.96. The van der Waals surface area contributed by atoms with Crippen LogP contribution in [0.3, 0.4) is 0 Å². The number of amides is 1. The summed E-state index contributed by atoms with van der Waals surface area (Å²) in [6, 6.07) is 5.60. The summed E-state index contributed by atoms with van der Waals surface area (Å²) in [7, 11) is 0. The number of likely N-dealkylation sites (tertiary alicyclic amines) is 1. The third-order valence-corrected chi connectivity index (χ3v) is 3.96. The van der Waals surface area contributed by atoms with E-state index in [0.717, 1.165) is 37.1 Å². The van der Waals surface area contributed by atoms with Gasteiger partial charge in [0.05, 0.1) is 6.54 Å². The van der Waals surface area contributed by atoms with Gasteiger partial charge in [0.15, 0.2) is 0 Å². The summed E-state index contributed by atoms with van der Waals surface area (Å²) in [5.41, 5.74) is 7.98. The molecular formula is C17H22N2O2. The molecule has 0 aliphatic carbocycles. The highest BCUT2D eigenvalue weighted by molar-refractivity contribution is 5.94. The zero-order chi connectivity index (χ0) is 15.2. The SMILES string of the molecule is Cc1cc(C(=O)N2CCC(CO)CC2)ccc1C#CCN. The first-order valence-corrected chi connectivity index (χ1v) is 7.35. The van der Waals surface area contributed by atoms with Crippen LogP contribution in [-0.2, 0) is 0 Å². The minimum absolute atomic E-state index is 0.0628. The Labute approximate surface area is 125 Å². The fourth-order valence-electron chi connectivity index (χ4n) is 2.58. The molecule has 3 N–H and O–H groups in total. The van der Waals surface area contributed by atoms with Crippen LogP contribution in [0.25, 0.3) is 0 Å². The standard InChI is InChI=1S/C17H22N2O2/c1-13-11-16(5-4-15(13)3-2-8-18)17(21)19-9-6-14(12-20)7-10-19/h4-5,11,14,20H,6-10,12,18H2,1H3. The quantitative estimate of drug-likeness (QED) is 0.802. The van der Waals surface area contributed by atoms with E-state index in [0.29, 0.717) is 18.0 Å². The zero-order valence-corrected chi connectivity index (χ0v) is 12.4. The van der Waals surface area contributed by atoms with Gasteiger partial charge in [0, 0.05) is 30.8 Å². The van der Waals surface area contributed by atoms with Crippen molar-refractivity contribution in [2.45, 2.75) is 19.8 Å². The molecule has 0 spiro atoms. The zero-order valence-electron chi connectivity index (χ0n) is 12.4. The molecule has 2 rings (SSSR count). The molecule has 1 aromatic rings. The molecule has 0 radical (unpaired) electrons. The average Bonchev–Trinajstić information content (AvgIpc) is 2.53.